The molecule has 0 aliphatic rings. The van der Waals surface area contributed by atoms with Crippen LogP contribution in [0.1, 0.15) is 28.2 Å². The van der Waals surface area contributed by atoms with Gasteiger partial charge in [0.2, 0.25) is 5.22 Å². The fourth-order valence-electron chi connectivity index (χ4n) is 1.60. The number of hydrogen-bond acceptors (Lipinski definition) is 2. The molecule has 0 saturated carbocycles. The molecule has 0 aliphatic carbocycles. The minimum atomic E-state index is -0.321. The van der Waals surface area contributed by atoms with Crippen LogP contribution < -0.4 is 5.32 Å². The minimum Gasteiger partial charge on any atom is -0.452 e. The maximum atomic E-state index is 12.0. The summed E-state index contributed by atoms with van der Waals surface area (Å²) in [7, 11) is 0. The van der Waals surface area contributed by atoms with Gasteiger partial charge in [-0.05, 0) is 36.2 Å². The van der Waals surface area contributed by atoms with Crippen LogP contribution in [0.4, 0.5) is 5.69 Å². The van der Waals surface area contributed by atoms with Crippen LogP contribution in [0.2, 0.25) is 5.22 Å². The number of para-hydroxylation sites is 1. The van der Waals surface area contributed by atoms with E-state index in [1.807, 2.05) is 25.1 Å². The van der Waals surface area contributed by atoms with Gasteiger partial charge in [0.1, 0.15) is 0 Å². The monoisotopic (exact) mass is 283 g/mol. The van der Waals surface area contributed by atoms with Gasteiger partial charge in [-0.25, -0.2) is 0 Å². The van der Waals surface area contributed by atoms with Gasteiger partial charge in [0.05, 0.1) is 17.2 Å². The van der Waals surface area contributed by atoms with Crippen molar-refractivity contribution in [3.8, 4) is 0 Å². The Morgan fingerprint density at radius 1 is 1.33 bits per heavy atom. The summed E-state index contributed by atoms with van der Waals surface area (Å²) < 4.78 is 4.88. The van der Waals surface area contributed by atoms with E-state index in [0.717, 1.165) is 5.56 Å². The van der Waals surface area contributed by atoms with E-state index in [1.54, 1.807) is 6.07 Å². The molecule has 0 saturated heterocycles. The normalized spacial score (nSPS) is 12.2. The highest BCUT2D eigenvalue weighted by Crippen LogP contribution is 2.28. The van der Waals surface area contributed by atoms with Crippen LogP contribution in [0.5, 0.6) is 0 Å². The molecule has 0 spiro atoms. The van der Waals surface area contributed by atoms with E-state index in [4.69, 9.17) is 27.6 Å². The number of anilines is 1. The van der Waals surface area contributed by atoms with Gasteiger partial charge in [0.15, 0.2) is 0 Å². The Morgan fingerprint density at radius 2 is 2.06 bits per heavy atom. The van der Waals surface area contributed by atoms with Gasteiger partial charge in [0.25, 0.3) is 5.91 Å². The van der Waals surface area contributed by atoms with Crippen LogP contribution in [0.25, 0.3) is 0 Å². The third-order valence-electron chi connectivity index (χ3n) is 2.50. The number of carbonyl (C=O) groups is 1. The fraction of sp³-hybridized carbons (Fsp3) is 0.154. The molecule has 5 heteroatoms. The zero-order chi connectivity index (χ0) is 13.1. The first kappa shape index (κ1) is 13.0. The van der Waals surface area contributed by atoms with Crippen LogP contribution in [-0.2, 0) is 0 Å². The molecule has 2 aromatic rings. The Hall–Kier alpha value is -1.45. The van der Waals surface area contributed by atoms with E-state index in [0.29, 0.717) is 11.3 Å². The standard InChI is InChI=1S/C13H11Cl2NO2/c1-8(14)9-4-2-3-5-11(9)16-13(17)10-6-7-18-12(10)15/h2-8H,1H3,(H,16,17). The molecule has 0 bridgehead atoms. The van der Waals surface area contributed by atoms with Crippen LogP contribution >= 0.6 is 23.2 Å². The summed E-state index contributed by atoms with van der Waals surface area (Å²) in [6.45, 7) is 1.84. The lowest BCUT2D eigenvalue weighted by atomic mass is 10.1. The summed E-state index contributed by atoms with van der Waals surface area (Å²) in [6, 6.07) is 8.87. The summed E-state index contributed by atoms with van der Waals surface area (Å²) in [6.07, 6.45) is 1.37. The molecule has 1 N–H and O–H groups in total. The van der Waals surface area contributed by atoms with Crippen LogP contribution in [0.3, 0.4) is 0 Å². The van der Waals surface area contributed by atoms with Crippen LogP contribution in [-0.4, -0.2) is 5.91 Å². The van der Waals surface area contributed by atoms with Crippen molar-refractivity contribution in [1.29, 1.82) is 0 Å². The quantitative estimate of drug-likeness (QED) is 0.844. The smallest absolute Gasteiger partial charge is 0.260 e. The highest BCUT2D eigenvalue weighted by Gasteiger charge is 2.15. The number of furan rings is 1. The molecule has 3 nitrogen and oxygen atoms in total. The number of alkyl halides is 1. The van der Waals surface area contributed by atoms with Crippen molar-refractivity contribution < 1.29 is 9.21 Å². The van der Waals surface area contributed by atoms with Crippen molar-refractivity contribution in [2.24, 2.45) is 0 Å². The molecular formula is C13H11Cl2NO2. The Morgan fingerprint density at radius 3 is 2.67 bits per heavy atom. The average molecular weight is 284 g/mol. The second kappa shape index (κ2) is 5.46. The third-order valence-corrected chi connectivity index (χ3v) is 3.03. The molecule has 1 unspecified atom stereocenters. The van der Waals surface area contributed by atoms with Crippen molar-refractivity contribution >= 4 is 34.8 Å². The summed E-state index contributed by atoms with van der Waals surface area (Å²) in [5.41, 5.74) is 1.82. The van der Waals surface area contributed by atoms with Gasteiger partial charge in [-0.2, -0.15) is 0 Å². The molecule has 94 valence electrons. The SMILES string of the molecule is CC(Cl)c1ccccc1NC(=O)c1ccoc1Cl. The number of carbonyl (C=O) groups excluding carboxylic acids is 1. The Balaban J connectivity index is 2.25. The summed E-state index contributed by atoms with van der Waals surface area (Å²) in [4.78, 5) is 12.0. The molecule has 2 rings (SSSR count). The lowest BCUT2D eigenvalue weighted by molar-refractivity contribution is 0.102. The van der Waals surface area contributed by atoms with Crippen LogP contribution in [0.15, 0.2) is 41.0 Å². The zero-order valence-electron chi connectivity index (χ0n) is 9.61. The van der Waals surface area contributed by atoms with Crippen molar-refractivity contribution in [2.75, 3.05) is 5.32 Å². The van der Waals surface area contributed by atoms with Crippen molar-refractivity contribution in [2.45, 2.75) is 12.3 Å². The maximum absolute atomic E-state index is 12.0. The van der Waals surface area contributed by atoms with Gasteiger partial charge in [-0.3, -0.25) is 4.79 Å². The second-order valence-corrected chi connectivity index (χ2v) is 4.76. The fourth-order valence-corrected chi connectivity index (χ4v) is 1.99. The Labute approximate surface area is 115 Å². The number of hydrogen-bond donors (Lipinski definition) is 1. The van der Waals surface area contributed by atoms with Gasteiger partial charge < -0.3 is 9.73 Å². The Bertz CT molecular complexity index is 564. The third kappa shape index (κ3) is 2.68. The topological polar surface area (TPSA) is 42.2 Å². The molecule has 1 heterocycles. The van der Waals surface area contributed by atoms with E-state index in [2.05, 4.69) is 5.32 Å². The van der Waals surface area contributed by atoms with Crippen LogP contribution in [0, 0.1) is 0 Å². The molecule has 1 amide bonds. The van der Waals surface area contributed by atoms with Gasteiger partial charge >= 0.3 is 0 Å². The molecule has 1 aromatic heterocycles. The largest absolute Gasteiger partial charge is 0.452 e. The van der Waals surface area contributed by atoms with E-state index < -0.39 is 0 Å². The van der Waals surface area contributed by atoms with E-state index in [1.165, 1.54) is 12.3 Å². The number of nitrogens with one attached hydrogen (secondary N) is 1. The van der Waals surface area contributed by atoms with Crippen molar-refractivity contribution in [1.82, 2.24) is 0 Å². The predicted octanol–water partition coefficient (Wildman–Crippen LogP) is 4.49. The van der Waals surface area contributed by atoms with Gasteiger partial charge in [0, 0.05) is 5.69 Å². The van der Waals surface area contributed by atoms with E-state index in [9.17, 15) is 4.79 Å². The number of benzene rings is 1. The summed E-state index contributed by atoms with van der Waals surface area (Å²) in [5.74, 6) is -0.321. The highest BCUT2D eigenvalue weighted by atomic mass is 35.5. The van der Waals surface area contributed by atoms with Crippen molar-refractivity contribution in [3.63, 3.8) is 0 Å². The maximum Gasteiger partial charge on any atom is 0.260 e. The predicted molar refractivity (Wildman–Crippen MR) is 72.4 cm³/mol. The highest BCUT2D eigenvalue weighted by molar-refractivity contribution is 6.32. The van der Waals surface area contributed by atoms with Gasteiger partial charge in [-0.1, -0.05) is 18.2 Å². The summed E-state index contributed by atoms with van der Waals surface area (Å²) >= 11 is 11.8. The number of amides is 1. The first-order valence-corrected chi connectivity index (χ1v) is 6.18. The molecule has 0 fully saturated rings. The number of rotatable bonds is 3. The molecule has 0 radical (unpaired) electrons. The van der Waals surface area contributed by atoms with Gasteiger partial charge in [-0.15, -0.1) is 11.6 Å². The zero-order valence-corrected chi connectivity index (χ0v) is 11.1. The average Bonchev–Trinajstić information content (AvgIpc) is 2.76. The first-order valence-electron chi connectivity index (χ1n) is 5.37. The Kier molecular flexibility index (Phi) is 3.94. The number of halogens is 2. The summed E-state index contributed by atoms with van der Waals surface area (Å²) in [5, 5.41) is 2.65. The second-order valence-electron chi connectivity index (χ2n) is 3.77. The van der Waals surface area contributed by atoms with E-state index in [-0.39, 0.29) is 16.5 Å². The molecule has 1 atom stereocenters. The first-order chi connectivity index (χ1) is 8.59. The minimum absolute atomic E-state index is 0.0731. The lowest BCUT2D eigenvalue weighted by Gasteiger charge is -2.11. The molecule has 0 aliphatic heterocycles. The molecular weight excluding hydrogens is 273 g/mol. The lowest BCUT2D eigenvalue weighted by Crippen LogP contribution is -2.13. The molecule has 1 aromatic carbocycles. The molecule has 18 heavy (non-hydrogen) atoms. The van der Waals surface area contributed by atoms with E-state index >= 15 is 0 Å². The van der Waals surface area contributed by atoms with Crippen molar-refractivity contribution in [3.05, 3.63) is 52.9 Å².